The summed E-state index contributed by atoms with van der Waals surface area (Å²) in [4.78, 5) is 23.8. The molecule has 0 bridgehead atoms. The zero-order valence-electron chi connectivity index (χ0n) is 15.5. The third kappa shape index (κ3) is 8.15. The second kappa shape index (κ2) is 9.96. The summed E-state index contributed by atoms with van der Waals surface area (Å²) in [6.45, 7) is 4.13. The lowest BCUT2D eigenvalue weighted by atomic mass is 10.1. The van der Waals surface area contributed by atoms with Gasteiger partial charge in [0.25, 0.3) is 0 Å². The van der Waals surface area contributed by atoms with Gasteiger partial charge in [-0.05, 0) is 38.5 Å². The van der Waals surface area contributed by atoms with E-state index in [2.05, 4.69) is 5.32 Å². The van der Waals surface area contributed by atoms with Gasteiger partial charge in [0.1, 0.15) is 36.8 Å². The number of nitrogens with one attached hydrogen (secondary N) is 1. The van der Waals surface area contributed by atoms with E-state index in [-0.39, 0.29) is 13.0 Å². The Morgan fingerprint density at radius 1 is 1.23 bits per heavy atom. The Balaban J connectivity index is 2.70. The van der Waals surface area contributed by atoms with E-state index >= 15 is 0 Å². The summed E-state index contributed by atoms with van der Waals surface area (Å²) >= 11 is 0. The standard InChI is InChI=1S/C18H26FNO6/c1-18(2,3)26-17(23)20-15(16(22)24-4)9-12-5-7-14(8-6-12)25-11-13(21)10-19/h5-8,13,15,21H,9-11H2,1-4H3,(H,20,23)/t13?,15-/m1/s1. The highest BCUT2D eigenvalue weighted by Crippen LogP contribution is 2.15. The zero-order valence-corrected chi connectivity index (χ0v) is 15.5. The molecule has 0 aliphatic heterocycles. The van der Waals surface area contributed by atoms with Gasteiger partial charge < -0.3 is 24.6 Å². The second-order valence-electron chi connectivity index (χ2n) is 6.69. The molecule has 0 spiro atoms. The number of hydrogen-bond donors (Lipinski definition) is 2. The number of methoxy groups -OCH3 is 1. The molecule has 0 radical (unpaired) electrons. The van der Waals surface area contributed by atoms with Gasteiger partial charge in [0.15, 0.2) is 0 Å². The van der Waals surface area contributed by atoms with Crippen LogP contribution in [0.1, 0.15) is 26.3 Å². The van der Waals surface area contributed by atoms with E-state index in [1.807, 2.05) is 0 Å². The van der Waals surface area contributed by atoms with Crippen molar-refractivity contribution in [3.63, 3.8) is 0 Å². The summed E-state index contributed by atoms with van der Waals surface area (Å²) < 4.78 is 27.3. The van der Waals surface area contributed by atoms with Crippen molar-refractivity contribution in [1.82, 2.24) is 5.32 Å². The SMILES string of the molecule is COC(=O)[C@@H](Cc1ccc(OCC(O)CF)cc1)NC(=O)OC(C)(C)C. The van der Waals surface area contributed by atoms with Gasteiger partial charge in [-0.25, -0.2) is 14.0 Å². The van der Waals surface area contributed by atoms with Crippen molar-refractivity contribution in [3.8, 4) is 5.75 Å². The van der Waals surface area contributed by atoms with Crippen LogP contribution in [-0.4, -0.2) is 55.3 Å². The summed E-state index contributed by atoms with van der Waals surface area (Å²) in [5.74, 6) is -0.141. The van der Waals surface area contributed by atoms with Crippen molar-refractivity contribution in [1.29, 1.82) is 0 Å². The number of aliphatic hydroxyl groups is 1. The van der Waals surface area contributed by atoms with Crippen LogP contribution in [0, 0.1) is 0 Å². The number of amides is 1. The van der Waals surface area contributed by atoms with Crippen molar-refractivity contribution in [2.24, 2.45) is 0 Å². The molecular weight excluding hydrogens is 345 g/mol. The minimum absolute atomic E-state index is 0.152. The van der Waals surface area contributed by atoms with E-state index in [0.29, 0.717) is 5.75 Å². The van der Waals surface area contributed by atoms with Gasteiger partial charge in [0.2, 0.25) is 0 Å². The van der Waals surface area contributed by atoms with Crippen molar-refractivity contribution < 1.29 is 33.3 Å². The van der Waals surface area contributed by atoms with Crippen LogP contribution >= 0.6 is 0 Å². The predicted molar refractivity (Wildman–Crippen MR) is 92.8 cm³/mol. The summed E-state index contributed by atoms with van der Waals surface area (Å²) in [5, 5.41) is 11.6. The highest BCUT2D eigenvalue weighted by atomic mass is 19.1. The molecule has 0 saturated carbocycles. The lowest BCUT2D eigenvalue weighted by molar-refractivity contribution is -0.143. The third-order valence-corrected chi connectivity index (χ3v) is 3.16. The van der Waals surface area contributed by atoms with Gasteiger partial charge in [-0.2, -0.15) is 0 Å². The maximum atomic E-state index is 12.2. The van der Waals surface area contributed by atoms with Gasteiger partial charge in [-0.3, -0.25) is 0 Å². The van der Waals surface area contributed by atoms with Crippen molar-refractivity contribution in [2.75, 3.05) is 20.4 Å². The summed E-state index contributed by atoms with van der Waals surface area (Å²) in [6.07, 6.45) is -1.69. The fourth-order valence-corrected chi connectivity index (χ4v) is 1.98. The molecule has 146 valence electrons. The molecule has 0 fully saturated rings. The first-order valence-electron chi connectivity index (χ1n) is 8.17. The number of esters is 1. The van der Waals surface area contributed by atoms with Gasteiger partial charge in [-0.15, -0.1) is 0 Å². The number of alkyl halides is 1. The van der Waals surface area contributed by atoms with Crippen LogP contribution in [0.5, 0.6) is 5.75 Å². The van der Waals surface area contributed by atoms with E-state index < -0.39 is 36.5 Å². The topological polar surface area (TPSA) is 94.1 Å². The molecule has 2 N–H and O–H groups in total. The molecule has 2 atom stereocenters. The van der Waals surface area contributed by atoms with Crippen molar-refractivity contribution >= 4 is 12.1 Å². The number of halogens is 1. The average Bonchev–Trinajstić information content (AvgIpc) is 2.57. The Kier molecular flexibility index (Phi) is 8.31. The van der Waals surface area contributed by atoms with Gasteiger partial charge >= 0.3 is 12.1 Å². The lowest BCUT2D eigenvalue weighted by Crippen LogP contribution is -2.45. The van der Waals surface area contributed by atoms with Crippen LogP contribution in [0.15, 0.2) is 24.3 Å². The second-order valence-corrected chi connectivity index (χ2v) is 6.69. The first kappa shape index (κ1) is 21.7. The number of hydrogen-bond acceptors (Lipinski definition) is 6. The Labute approximate surface area is 152 Å². The zero-order chi connectivity index (χ0) is 19.7. The average molecular weight is 371 g/mol. The Bertz CT molecular complexity index is 584. The molecule has 1 amide bonds. The van der Waals surface area contributed by atoms with Crippen molar-refractivity contribution in [2.45, 2.75) is 44.9 Å². The van der Waals surface area contributed by atoms with Gasteiger partial charge in [-0.1, -0.05) is 12.1 Å². The number of rotatable bonds is 8. The molecule has 0 heterocycles. The normalized spacial score (nSPS) is 13.5. The maximum Gasteiger partial charge on any atom is 0.408 e. The smallest absolute Gasteiger partial charge is 0.408 e. The molecule has 26 heavy (non-hydrogen) atoms. The first-order valence-corrected chi connectivity index (χ1v) is 8.17. The quantitative estimate of drug-likeness (QED) is 0.679. The third-order valence-electron chi connectivity index (χ3n) is 3.16. The van der Waals surface area contributed by atoms with Crippen LogP contribution in [-0.2, 0) is 20.7 Å². The predicted octanol–water partition coefficient (Wildman–Crippen LogP) is 2.00. The van der Waals surface area contributed by atoms with Gasteiger partial charge in [0, 0.05) is 6.42 Å². The highest BCUT2D eigenvalue weighted by Gasteiger charge is 2.25. The van der Waals surface area contributed by atoms with Gasteiger partial charge in [0.05, 0.1) is 7.11 Å². The molecule has 0 aliphatic rings. The van der Waals surface area contributed by atoms with E-state index in [1.165, 1.54) is 7.11 Å². The Morgan fingerprint density at radius 2 is 1.85 bits per heavy atom. The van der Waals surface area contributed by atoms with E-state index in [9.17, 15) is 14.0 Å². The number of benzene rings is 1. The van der Waals surface area contributed by atoms with Crippen molar-refractivity contribution in [3.05, 3.63) is 29.8 Å². The minimum atomic E-state index is -1.17. The number of carbonyl (C=O) groups is 2. The molecule has 1 aromatic carbocycles. The van der Waals surface area contributed by atoms with Crippen LogP contribution in [0.2, 0.25) is 0 Å². The fourth-order valence-electron chi connectivity index (χ4n) is 1.98. The number of alkyl carbamates (subject to hydrolysis) is 1. The van der Waals surface area contributed by atoms with Crippen LogP contribution in [0.4, 0.5) is 9.18 Å². The fraction of sp³-hybridized carbons (Fsp3) is 0.556. The molecule has 1 aromatic rings. The number of ether oxygens (including phenoxy) is 3. The van der Waals surface area contributed by atoms with Crippen LogP contribution < -0.4 is 10.1 Å². The molecule has 7 nitrogen and oxygen atoms in total. The molecule has 0 aromatic heterocycles. The largest absolute Gasteiger partial charge is 0.491 e. The summed E-state index contributed by atoms with van der Waals surface area (Å²) in [5.41, 5.74) is 0.0586. The Morgan fingerprint density at radius 3 is 2.35 bits per heavy atom. The summed E-state index contributed by atoms with van der Waals surface area (Å²) in [7, 11) is 1.24. The molecule has 1 rings (SSSR count). The molecule has 8 heteroatoms. The van der Waals surface area contributed by atoms with E-state index in [4.69, 9.17) is 19.3 Å². The first-order chi connectivity index (χ1) is 12.1. The van der Waals surface area contributed by atoms with E-state index in [1.54, 1.807) is 45.0 Å². The molecular formula is C18H26FNO6. The minimum Gasteiger partial charge on any atom is -0.491 e. The number of carbonyl (C=O) groups excluding carboxylic acids is 2. The molecule has 0 aliphatic carbocycles. The number of aliphatic hydroxyl groups excluding tert-OH is 1. The lowest BCUT2D eigenvalue weighted by Gasteiger charge is -2.22. The van der Waals surface area contributed by atoms with Crippen LogP contribution in [0.3, 0.4) is 0 Å². The maximum absolute atomic E-state index is 12.2. The molecule has 0 saturated heterocycles. The van der Waals surface area contributed by atoms with E-state index in [0.717, 1.165) is 5.56 Å². The highest BCUT2D eigenvalue weighted by molar-refractivity contribution is 5.81. The Hall–Kier alpha value is -2.35. The molecule has 1 unspecified atom stereocenters. The van der Waals surface area contributed by atoms with Crippen LogP contribution in [0.25, 0.3) is 0 Å². The monoisotopic (exact) mass is 371 g/mol. The summed E-state index contributed by atoms with van der Waals surface area (Å²) in [6, 6.07) is 5.74.